The van der Waals surface area contributed by atoms with Gasteiger partial charge in [-0.05, 0) is 43.4 Å². The van der Waals surface area contributed by atoms with Gasteiger partial charge in [0, 0.05) is 46.4 Å². The molecule has 33 heavy (non-hydrogen) atoms. The van der Waals surface area contributed by atoms with Crippen LogP contribution >= 0.6 is 23.2 Å². The third-order valence-electron chi connectivity index (χ3n) is 5.64. The molecule has 0 aliphatic heterocycles. The third-order valence-corrected chi connectivity index (χ3v) is 6.40. The van der Waals surface area contributed by atoms with E-state index in [0.717, 1.165) is 25.7 Å². The summed E-state index contributed by atoms with van der Waals surface area (Å²) in [6, 6.07) is 4.60. The van der Waals surface area contributed by atoms with Gasteiger partial charge in [-0.15, -0.1) is 0 Å². The van der Waals surface area contributed by atoms with Gasteiger partial charge in [0.1, 0.15) is 12.4 Å². The number of aromatic nitrogens is 1. The number of rotatable bonds is 12. The molecule has 0 spiro atoms. The zero-order chi connectivity index (χ0) is 24.4. The number of hydrogen-bond donors (Lipinski definition) is 2. The lowest BCUT2D eigenvalue weighted by Gasteiger charge is -2.15. The standard InChI is InChI=1S/C25H33Cl2FN4O/c1-4-6-19(8-7-16(3)5-2)31-14-18(12-29)17-11-23(25(30)32-13-17)33-15-20-21(26)9-10-22(28)24(20)27/h9-14,16,19H,4-8,15,29H2,1-3H3,(H2,30,32). The molecule has 0 amide bonds. The number of nitrogen functional groups attached to an aromatic ring is 1. The summed E-state index contributed by atoms with van der Waals surface area (Å²) in [5.74, 6) is 0.621. The number of hydrogen-bond acceptors (Lipinski definition) is 5. The Balaban J connectivity index is 2.18. The Bertz CT molecular complexity index is 981. The van der Waals surface area contributed by atoms with Gasteiger partial charge in [0.2, 0.25) is 0 Å². The summed E-state index contributed by atoms with van der Waals surface area (Å²) in [5, 5.41) is 0.220. The molecule has 0 radical (unpaired) electrons. The highest BCUT2D eigenvalue weighted by atomic mass is 35.5. The molecule has 4 N–H and O–H groups in total. The average molecular weight is 495 g/mol. The molecule has 2 aromatic rings. The van der Waals surface area contributed by atoms with Gasteiger partial charge < -0.3 is 16.2 Å². The van der Waals surface area contributed by atoms with Crippen LogP contribution in [0.15, 0.2) is 35.6 Å². The lowest BCUT2D eigenvalue weighted by molar-refractivity contribution is 0.306. The number of allylic oxidation sites excluding steroid dienone is 1. The van der Waals surface area contributed by atoms with Gasteiger partial charge in [-0.2, -0.15) is 0 Å². The fourth-order valence-corrected chi connectivity index (χ4v) is 3.77. The van der Waals surface area contributed by atoms with E-state index < -0.39 is 5.82 Å². The summed E-state index contributed by atoms with van der Waals surface area (Å²) in [6.07, 6.45) is 10.3. The Hall–Kier alpha value is -2.31. The van der Waals surface area contributed by atoms with Crippen molar-refractivity contribution in [3.8, 4) is 5.75 Å². The highest BCUT2D eigenvalue weighted by Crippen LogP contribution is 2.30. The number of nitrogens with zero attached hydrogens (tertiary/aromatic N) is 2. The van der Waals surface area contributed by atoms with Gasteiger partial charge in [0.15, 0.2) is 11.6 Å². The van der Waals surface area contributed by atoms with Crippen LogP contribution in [0, 0.1) is 11.7 Å². The van der Waals surface area contributed by atoms with Crippen molar-refractivity contribution in [1.82, 2.24) is 4.98 Å². The summed E-state index contributed by atoms with van der Waals surface area (Å²) < 4.78 is 19.6. The van der Waals surface area contributed by atoms with E-state index in [9.17, 15) is 4.39 Å². The fourth-order valence-electron chi connectivity index (χ4n) is 3.29. The molecule has 1 heterocycles. The first-order valence-electron chi connectivity index (χ1n) is 11.3. The number of halogens is 3. The van der Waals surface area contributed by atoms with E-state index in [2.05, 4.69) is 25.8 Å². The molecule has 1 aromatic carbocycles. The quantitative estimate of drug-likeness (QED) is 0.244. The van der Waals surface area contributed by atoms with Crippen LogP contribution < -0.4 is 16.2 Å². The summed E-state index contributed by atoms with van der Waals surface area (Å²) in [4.78, 5) is 9.01. The van der Waals surface area contributed by atoms with Gasteiger partial charge in [-0.25, -0.2) is 9.37 Å². The van der Waals surface area contributed by atoms with Crippen molar-refractivity contribution in [1.29, 1.82) is 0 Å². The Morgan fingerprint density at radius 2 is 2.00 bits per heavy atom. The van der Waals surface area contributed by atoms with E-state index in [0.29, 0.717) is 33.4 Å². The lowest BCUT2D eigenvalue weighted by atomic mass is 9.97. The minimum Gasteiger partial charge on any atom is -0.485 e. The molecule has 1 aromatic heterocycles. The monoisotopic (exact) mass is 494 g/mol. The number of anilines is 1. The molecule has 0 aliphatic rings. The molecular weight excluding hydrogens is 462 g/mol. The highest BCUT2D eigenvalue weighted by Gasteiger charge is 2.14. The molecule has 5 nitrogen and oxygen atoms in total. The Morgan fingerprint density at radius 3 is 2.67 bits per heavy atom. The zero-order valence-electron chi connectivity index (χ0n) is 19.5. The smallest absolute Gasteiger partial charge is 0.166 e. The van der Waals surface area contributed by atoms with Crippen molar-refractivity contribution >= 4 is 40.8 Å². The maximum Gasteiger partial charge on any atom is 0.166 e. The minimum atomic E-state index is -0.570. The first kappa shape index (κ1) is 26.9. The van der Waals surface area contributed by atoms with Gasteiger partial charge >= 0.3 is 0 Å². The second-order valence-corrected chi connectivity index (χ2v) is 8.94. The Morgan fingerprint density at radius 1 is 1.24 bits per heavy atom. The van der Waals surface area contributed by atoms with E-state index >= 15 is 0 Å². The van der Waals surface area contributed by atoms with Gasteiger partial charge in [0.05, 0.1) is 5.02 Å². The molecule has 8 heteroatoms. The molecule has 180 valence electrons. The molecule has 0 fully saturated rings. The zero-order valence-corrected chi connectivity index (χ0v) is 21.0. The number of ether oxygens (including phenoxy) is 1. The second kappa shape index (κ2) is 13.4. The summed E-state index contributed by atoms with van der Waals surface area (Å²) in [5.41, 5.74) is 13.6. The van der Waals surface area contributed by atoms with Crippen LogP contribution in [0.4, 0.5) is 10.2 Å². The van der Waals surface area contributed by atoms with Crippen molar-refractivity contribution in [2.24, 2.45) is 16.6 Å². The number of benzene rings is 1. The molecule has 2 atom stereocenters. The van der Waals surface area contributed by atoms with Gasteiger partial charge in [-0.1, -0.05) is 56.8 Å². The van der Waals surface area contributed by atoms with Crippen LogP contribution in [-0.4, -0.2) is 17.2 Å². The van der Waals surface area contributed by atoms with Crippen molar-refractivity contribution in [2.75, 3.05) is 5.73 Å². The third kappa shape index (κ3) is 7.90. The van der Waals surface area contributed by atoms with Gasteiger partial charge in [-0.3, -0.25) is 4.99 Å². The van der Waals surface area contributed by atoms with Crippen molar-refractivity contribution in [2.45, 2.75) is 65.5 Å². The molecular formula is C25H33Cl2FN4O. The number of nitrogens with two attached hydrogens (primary N) is 2. The van der Waals surface area contributed by atoms with E-state index in [1.807, 2.05) is 0 Å². The summed E-state index contributed by atoms with van der Waals surface area (Å²) in [7, 11) is 0. The first-order valence-corrected chi connectivity index (χ1v) is 12.0. The van der Waals surface area contributed by atoms with E-state index in [1.165, 1.54) is 24.8 Å². The molecule has 0 saturated carbocycles. The SMILES string of the molecule is CCCC(CCC(C)CC)N=CC(=CN)c1cnc(N)c(OCc2c(Cl)ccc(F)c2Cl)c1. The lowest BCUT2D eigenvalue weighted by Crippen LogP contribution is -2.08. The number of aliphatic imine (C=N–C) groups is 1. The molecule has 0 aliphatic carbocycles. The number of pyridine rings is 1. The highest BCUT2D eigenvalue weighted by molar-refractivity contribution is 6.36. The van der Waals surface area contributed by atoms with E-state index in [4.69, 9.17) is 44.4 Å². The topological polar surface area (TPSA) is 86.5 Å². The maximum absolute atomic E-state index is 13.8. The second-order valence-electron chi connectivity index (χ2n) is 8.15. The van der Waals surface area contributed by atoms with Crippen molar-refractivity contribution in [3.63, 3.8) is 0 Å². The largest absolute Gasteiger partial charge is 0.485 e. The van der Waals surface area contributed by atoms with Crippen LogP contribution in [0.25, 0.3) is 5.57 Å². The van der Waals surface area contributed by atoms with E-state index in [1.54, 1.807) is 18.5 Å². The summed E-state index contributed by atoms with van der Waals surface area (Å²) >= 11 is 12.2. The van der Waals surface area contributed by atoms with E-state index in [-0.39, 0.29) is 23.5 Å². The summed E-state index contributed by atoms with van der Waals surface area (Å²) in [6.45, 7) is 6.58. The normalized spacial score (nSPS) is 13.9. The van der Waals surface area contributed by atoms with Crippen molar-refractivity contribution < 1.29 is 9.13 Å². The molecule has 0 saturated heterocycles. The molecule has 2 rings (SSSR count). The van der Waals surface area contributed by atoms with Crippen LogP contribution in [0.1, 0.15) is 64.0 Å². The molecule has 0 bridgehead atoms. The van der Waals surface area contributed by atoms with Crippen LogP contribution in [-0.2, 0) is 6.61 Å². The van der Waals surface area contributed by atoms with Crippen LogP contribution in [0.2, 0.25) is 10.0 Å². The maximum atomic E-state index is 13.8. The van der Waals surface area contributed by atoms with Crippen molar-refractivity contribution in [3.05, 3.63) is 57.6 Å². The fraction of sp³-hybridized carbons (Fsp3) is 0.440. The van der Waals surface area contributed by atoms with Crippen LogP contribution in [0.5, 0.6) is 5.75 Å². The first-order chi connectivity index (χ1) is 15.8. The predicted molar refractivity (Wildman–Crippen MR) is 137 cm³/mol. The van der Waals surface area contributed by atoms with Gasteiger partial charge in [0.25, 0.3) is 0 Å². The predicted octanol–water partition coefficient (Wildman–Crippen LogP) is 7.05. The van der Waals surface area contributed by atoms with Crippen LogP contribution in [0.3, 0.4) is 0 Å². The Labute approximate surface area is 206 Å². The minimum absolute atomic E-state index is 0.0608. The molecule has 2 unspecified atom stereocenters. The average Bonchev–Trinajstić information content (AvgIpc) is 2.81. The Kier molecular flexibility index (Phi) is 10.9.